The number of nitrogens with zero attached hydrogens (tertiary/aromatic N) is 2. The van der Waals surface area contributed by atoms with Crippen LogP contribution in [0.1, 0.15) is 0 Å². The third-order valence-electron chi connectivity index (χ3n) is 1.52. The Balaban J connectivity index is 1.89. The first-order chi connectivity index (χ1) is 6.74. The van der Waals surface area contributed by atoms with Crippen molar-refractivity contribution in [2.24, 2.45) is 0 Å². The van der Waals surface area contributed by atoms with E-state index in [0.29, 0.717) is 17.5 Å². The van der Waals surface area contributed by atoms with Crippen molar-refractivity contribution in [2.75, 3.05) is 18.1 Å². The SMILES string of the molecule is Nc1nnc(SCC2=CC(=O)OC2)s1. The average Bonchev–Trinajstić information content (AvgIpc) is 2.72. The van der Waals surface area contributed by atoms with Crippen molar-refractivity contribution in [2.45, 2.75) is 4.34 Å². The smallest absolute Gasteiger partial charge is 0.331 e. The van der Waals surface area contributed by atoms with E-state index in [9.17, 15) is 4.79 Å². The van der Waals surface area contributed by atoms with Gasteiger partial charge in [0, 0.05) is 11.8 Å². The van der Waals surface area contributed by atoms with E-state index in [4.69, 9.17) is 10.5 Å². The Morgan fingerprint density at radius 1 is 1.64 bits per heavy atom. The largest absolute Gasteiger partial charge is 0.458 e. The zero-order chi connectivity index (χ0) is 9.97. The highest BCUT2D eigenvalue weighted by atomic mass is 32.2. The van der Waals surface area contributed by atoms with Gasteiger partial charge in [0.1, 0.15) is 6.61 Å². The molecule has 1 aromatic heterocycles. The number of nitrogen functional groups attached to an aromatic ring is 1. The van der Waals surface area contributed by atoms with E-state index in [1.165, 1.54) is 29.2 Å². The number of carbonyl (C=O) groups excluding carboxylic acids is 1. The Labute approximate surface area is 88.3 Å². The van der Waals surface area contributed by atoms with Crippen molar-refractivity contribution in [1.82, 2.24) is 10.2 Å². The Kier molecular flexibility index (Phi) is 2.69. The van der Waals surface area contributed by atoms with Gasteiger partial charge in [-0.1, -0.05) is 23.1 Å². The fourth-order valence-corrected chi connectivity index (χ4v) is 2.52. The first-order valence-corrected chi connectivity index (χ1v) is 5.62. The molecular weight excluding hydrogens is 222 g/mol. The molecule has 0 unspecified atom stereocenters. The Hall–Kier alpha value is -1.08. The summed E-state index contributed by atoms with van der Waals surface area (Å²) in [5.41, 5.74) is 6.39. The van der Waals surface area contributed by atoms with Gasteiger partial charge in [-0.3, -0.25) is 0 Å². The van der Waals surface area contributed by atoms with Crippen LogP contribution in [0, 0.1) is 0 Å². The molecule has 0 bridgehead atoms. The van der Waals surface area contributed by atoms with Gasteiger partial charge in [-0.05, 0) is 5.57 Å². The van der Waals surface area contributed by atoms with Gasteiger partial charge in [-0.25, -0.2) is 4.79 Å². The van der Waals surface area contributed by atoms with Crippen molar-refractivity contribution >= 4 is 34.2 Å². The van der Waals surface area contributed by atoms with E-state index in [-0.39, 0.29) is 5.97 Å². The van der Waals surface area contributed by atoms with Crippen LogP contribution >= 0.6 is 23.1 Å². The predicted octanol–water partition coefficient (Wildman–Crippen LogP) is 0.696. The van der Waals surface area contributed by atoms with Gasteiger partial charge in [-0.15, -0.1) is 10.2 Å². The Bertz CT molecular complexity index is 388. The quantitative estimate of drug-likeness (QED) is 0.607. The minimum atomic E-state index is -0.266. The number of aromatic nitrogens is 2. The molecule has 2 N–H and O–H groups in total. The van der Waals surface area contributed by atoms with Crippen molar-refractivity contribution in [1.29, 1.82) is 0 Å². The molecule has 0 saturated heterocycles. The number of nitrogens with two attached hydrogens (primary N) is 1. The summed E-state index contributed by atoms with van der Waals surface area (Å²) in [5, 5.41) is 7.99. The molecule has 1 aliphatic rings. The van der Waals surface area contributed by atoms with Crippen LogP contribution in [0.2, 0.25) is 0 Å². The molecule has 74 valence electrons. The zero-order valence-electron chi connectivity index (χ0n) is 7.10. The fourth-order valence-electron chi connectivity index (χ4n) is 0.930. The summed E-state index contributed by atoms with van der Waals surface area (Å²) in [6.45, 7) is 0.389. The lowest BCUT2D eigenvalue weighted by atomic mass is 10.3. The van der Waals surface area contributed by atoms with Gasteiger partial charge in [0.15, 0.2) is 4.34 Å². The van der Waals surface area contributed by atoms with Crippen molar-refractivity contribution in [3.63, 3.8) is 0 Å². The summed E-state index contributed by atoms with van der Waals surface area (Å²) < 4.78 is 5.57. The third-order valence-corrected chi connectivity index (χ3v) is 3.52. The average molecular weight is 229 g/mol. The van der Waals surface area contributed by atoms with Gasteiger partial charge in [0.25, 0.3) is 0 Å². The number of carbonyl (C=O) groups is 1. The molecule has 2 heterocycles. The number of thioether (sulfide) groups is 1. The predicted molar refractivity (Wildman–Crippen MR) is 54.1 cm³/mol. The lowest BCUT2D eigenvalue weighted by molar-refractivity contribution is -0.134. The van der Waals surface area contributed by atoms with Crippen LogP contribution in [0.3, 0.4) is 0 Å². The maximum atomic E-state index is 10.7. The molecule has 1 aromatic rings. The van der Waals surface area contributed by atoms with Crippen molar-refractivity contribution in [3.05, 3.63) is 11.6 Å². The second kappa shape index (κ2) is 3.97. The summed E-state index contributed by atoms with van der Waals surface area (Å²) in [7, 11) is 0. The standard InChI is InChI=1S/C7H7N3O2S2/c8-6-9-10-7(14-6)13-3-4-1-5(11)12-2-4/h1H,2-3H2,(H2,8,9). The Morgan fingerprint density at radius 2 is 2.50 bits per heavy atom. The molecule has 0 atom stereocenters. The summed E-state index contributed by atoms with van der Waals surface area (Å²) in [5.74, 6) is 0.428. The van der Waals surface area contributed by atoms with Gasteiger partial charge < -0.3 is 10.5 Å². The molecule has 0 saturated carbocycles. The molecule has 0 spiro atoms. The van der Waals surface area contributed by atoms with Crippen LogP contribution < -0.4 is 5.73 Å². The molecule has 5 nitrogen and oxygen atoms in total. The maximum absolute atomic E-state index is 10.7. The van der Waals surface area contributed by atoms with Gasteiger partial charge >= 0.3 is 5.97 Å². The van der Waals surface area contributed by atoms with Gasteiger partial charge in [0.05, 0.1) is 0 Å². The maximum Gasteiger partial charge on any atom is 0.331 e. The lowest BCUT2D eigenvalue weighted by Crippen LogP contribution is -1.92. The van der Waals surface area contributed by atoms with E-state index in [1.807, 2.05) is 0 Å². The molecule has 0 aromatic carbocycles. The third kappa shape index (κ3) is 2.24. The number of anilines is 1. The number of hydrogen-bond acceptors (Lipinski definition) is 7. The highest BCUT2D eigenvalue weighted by molar-refractivity contribution is 8.01. The van der Waals surface area contributed by atoms with Crippen LogP contribution in [-0.2, 0) is 9.53 Å². The lowest BCUT2D eigenvalue weighted by Gasteiger charge is -1.95. The fraction of sp³-hybridized carbons (Fsp3) is 0.286. The van der Waals surface area contributed by atoms with Gasteiger partial charge in [0.2, 0.25) is 5.13 Å². The normalized spacial score (nSPS) is 15.4. The van der Waals surface area contributed by atoms with E-state index in [0.717, 1.165) is 9.91 Å². The summed E-state index contributed by atoms with van der Waals surface area (Å²) in [4.78, 5) is 10.7. The summed E-state index contributed by atoms with van der Waals surface area (Å²) in [6, 6.07) is 0. The van der Waals surface area contributed by atoms with E-state index in [2.05, 4.69) is 10.2 Å². The van der Waals surface area contributed by atoms with Crippen molar-refractivity contribution in [3.8, 4) is 0 Å². The van der Waals surface area contributed by atoms with Crippen LogP contribution in [-0.4, -0.2) is 28.5 Å². The topological polar surface area (TPSA) is 78.1 Å². The first-order valence-electron chi connectivity index (χ1n) is 3.82. The van der Waals surface area contributed by atoms with E-state index < -0.39 is 0 Å². The molecular formula is C7H7N3O2S2. The molecule has 7 heteroatoms. The second-order valence-corrected chi connectivity index (χ2v) is 4.84. The number of cyclic esters (lactones) is 1. The van der Waals surface area contributed by atoms with E-state index in [1.54, 1.807) is 0 Å². The molecule has 1 aliphatic heterocycles. The molecule has 0 amide bonds. The monoisotopic (exact) mass is 229 g/mol. The molecule has 0 fully saturated rings. The molecule has 2 rings (SSSR count). The molecule has 14 heavy (non-hydrogen) atoms. The first kappa shape index (κ1) is 9.47. The Morgan fingerprint density at radius 3 is 3.07 bits per heavy atom. The molecule has 0 radical (unpaired) electrons. The zero-order valence-corrected chi connectivity index (χ0v) is 8.73. The van der Waals surface area contributed by atoms with Crippen LogP contribution in [0.25, 0.3) is 0 Å². The van der Waals surface area contributed by atoms with Gasteiger partial charge in [-0.2, -0.15) is 0 Å². The summed E-state index contributed by atoms with van der Waals surface area (Å²) in [6.07, 6.45) is 1.51. The molecule has 0 aliphatic carbocycles. The summed E-state index contributed by atoms with van der Waals surface area (Å²) >= 11 is 2.84. The minimum absolute atomic E-state index is 0.266. The highest BCUT2D eigenvalue weighted by Crippen LogP contribution is 2.26. The van der Waals surface area contributed by atoms with E-state index >= 15 is 0 Å². The second-order valence-electron chi connectivity index (χ2n) is 2.61. The van der Waals surface area contributed by atoms with Crippen LogP contribution in [0.5, 0.6) is 0 Å². The number of esters is 1. The van der Waals surface area contributed by atoms with Crippen LogP contribution in [0.4, 0.5) is 5.13 Å². The van der Waals surface area contributed by atoms with Crippen LogP contribution in [0.15, 0.2) is 16.0 Å². The number of ether oxygens (including phenoxy) is 1. The highest BCUT2D eigenvalue weighted by Gasteiger charge is 2.13. The minimum Gasteiger partial charge on any atom is -0.458 e. The number of rotatable bonds is 3. The van der Waals surface area contributed by atoms with Crippen molar-refractivity contribution < 1.29 is 9.53 Å². The number of hydrogen-bond donors (Lipinski definition) is 1.